The zero-order valence-corrected chi connectivity index (χ0v) is 16.9. The first-order valence-corrected chi connectivity index (χ1v) is 10.1. The summed E-state index contributed by atoms with van der Waals surface area (Å²) in [6, 6.07) is 5.53. The summed E-state index contributed by atoms with van der Waals surface area (Å²) in [6.07, 6.45) is 4.30. The number of nitrogens with one attached hydrogen (secondary N) is 1. The Labute approximate surface area is 162 Å². The molecule has 0 unspecified atom stereocenters. The van der Waals surface area contributed by atoms with Gasteiger partial charge >= 0.3 is 0 Å². The smallest absolute Gasteiger partial charge is 0.250 e. The van der Waals surface area contributed by atoms with Gasteiger partial charge in [0, 0.05) is 11.8 Å². The van der Waals surface area contributed by atoms with Gasteiger partial charge in [0.1, 0.15) is 0 Å². The topological polar surface area (TPSA) is 73.3 Å². The monoisotopic (exact) mass is 393 g/mol. The summed E-state index contributed by atoms with van der Waals surface area (Å²) in [4.78, 5) is 12.1. The summed E-state index contributed by atoms with van der Waals surface area (Å²) in [7, 11) is 1.59. The van der Waals surface area contributed by atoms with Crippen molar-refractivity contribution in [1.29, 1.82) is 0 Å². The Morgan fingerprint density at radius 2 is 2.15 bits per heavy atom. The normalized spacial score (nSPS) is 11.1. The second-order valence-electron chi connectivity index (χ2n) is 5.62. The third-order valence-electron chi connectivity index (χ3n) is 3.04. The molecule has 1 heterocycles. The predicted molar refractivity (Wildman–Crippen MR) is 107 cm³/mol. The lowest BCUT2D eigenvalue weighted by Crippen LogP contribution is -2.07. The van der Waals surface area contributed by atoms with E-state index in [1.165, 1.54) is 17.4 Å². The van der Waals surface area contributed by atoms with Crippen LogP contribution >= 0.6 is 23.1 Å². The first-order valence-electron chi connectivity index (χ1n) is 8.32. The molecule has 2 aromatic rings. The van der Waals surface area contributed by atoms with Gasteiger partial charge in [0.05, 0.1) is 13.2 Å². The van der Waals surface area contributed by atoms with Gasteiger partial charge in [-0.15, -0.1) is 10.2 Å². The van der Waals surface area contributed by atoms with Crippen molar-refractivity contribution in [1.82, 2.24) is 10.2 Å². The number of ether oxygens (including phenoxy) is 2. The summed E-state index contributed by atoms with van der Waals surface area (Å²) in [5, 5.41) is 11.2. The summed E-state index contributed by atoms with van der Waals surface area (Å²) in [6.45, 7) is 6.02. The van der Waals surface area contributed by atoms with Gasteiger partial charge in [0.25, 0.3) is 0 Å². The Morgan fingerprint density at radius 3 is 2.85 bits per heavy atom. The lowest BCUT2D eigenvalue weighted by molar-refractivity contribution is -0.111. The Morgan fingerprint density at radius 1 is 1.35 bits per heavy atom. The molecule has 0 saturated carbocycles. The third kappa shape index (κ3) is 6.34. The minimum atomic E-state index is -0.255. The molecule has 0 aliphatic rings. The Balaban J connectivity index is 1.97. The minimum absolute atomic E-state index is 0.0587. The Kier molecular flexibility index (Phi) is 7.93. The first-order chi connectivity index (χ1) is 12.5. The van der Waals surface area contributed by atoms with Crippen LogP contribution in [0.4, 0.5) is 5.13 Å². The van der Waals surface area contributed by atoms with Crippen molar-refractivity contribution in [2.45, 2.75) is 37.6 Å². The van der Waals surface area contributed by atoms with E-state index >= 15 is 0 Å². The number of benzene rings is 1. The number of rotatable bonds is 9. The van der Waals surface area contributed by atoms with Crippen LogP contribution in [0.5, 0.6) is 11.5 Å². The quantitative estimate of drug-likeness (QED) is 0.384. The van der Waals surface area contributed by atoms with E-state index in [4.69, 9.17) is 9.47 Å². The molecule has 140 valence electrons. The lowest BCUT2D eigenvalue weighted by Gasteiger charge is -2.13. The minimum Gasteiger partial charge on any atom is -0.493 e. The second kappa shape index (κ2) is 10.2. The fourth-order valence-corrected chi connectivity index (χ4v) is 3.65. The molecule has 2 rings (SSSR count). The third-order valence-corrected chi connectivity index (χ3v) is 5.22. The van der Waals surface area contributed by atoms with Gasteiger partial charge in [0.15, 0.2) is 15.8 Å². The number of nitrogens with zero attached hydrogens (tertiary/aromatic N) is 2. The van der Waals surface area contributed by atoms with Crippen LogP contribution in [0.1, 0.15) is 32.8 Å². The molecule has 1 aromatic heterocycles. The van der Waals surface area contributed by atoms with Gasteiger partial charge in [-0.3, -0.25) is 10.1 Å². The molecule has 0 bridgehead atoms. The van der Waals surface area contributed by atoms with E-state index in [1.54, 1.807) is 24.9 Å². The van der Waals surface area contributed by atoms with E-state index in [2.05, 4.69) is 22.4 Å². The highest BCUT2D eigenvalue weighted by atomic mass is 32.2. The standard InChI is InChI=1S/C18H23N3O3S2/c1-5-10-25-18-21-20-17(26-18)19-16(22)9-7-13-6-8-14(24-12(2)3)15(11-13)23-4/h6-9,11-12H,5,10H2,1-4H3,(H,19,20,22)/b9-7+. The summed E-state index contributed by atoms with van der Waals surface area (Å²) in [5.74, 6) is 2.04. The molecule has 0 saturated heterocycles. The number of anilines is 1. The number of carbonyl (C=O) groups excluding carboxylic acids is 1. The van der Waals surface area contributed by atoms with Gasteiger partial charge < -0.3 is 9.47 Å². The molecule has 1 amide bonds. The zero-order valence-electron chi connectivity index (χ0n) is 15.3. The van der Waals surface area contributed by atoms with Crippen LogP contribution in [-0.4, -0.2) is 35.1 Å². The SMILES string of the molecule is CCCSc1nnc(NC(=O)/C=C/c2ccc(OC(C)C)c(OC)c2)s1. The van der Waals surface area contributed by atoms with Crippen LogP contribution in [0, 0.1) is 0 Å². The summed E-state index contributed by atoms with van der Waals surface area (Å²) < 4.78 is 11.9. The maximum Gasteiger partial charge on any atom is 0.250 e. The van der Waals surface area contributed by atoms with E-state index in [0.29, 0.717) is 16.6 Å². The van der Waals surface area contributed by atoms with Crippen LogP contribution in [0.2, 0.25) is 0 Å². The molecule has 1 aromatic carbocycles. The fourth-order valence-electron chi connectivity index (χ4n) is 1.97. The summed E-state index contributed by atoms with van der Waals surface area (Å²) >= 11 is 3.01. The number of aromatic nitrogens is 2. The van der Waals surface area contributed by atoms with Crippen LogP contribution < -0.4 is 14.8 Å². The van der Waals surface area contributed by atoms with Crippen molar-refractivity contribution in [3.63, 3.8) is 0 Å². The molecule has 0 aliphatic carbocycles. The van der Waals surface area contributed by atoms with Gasteiger partial charge in [-0.05, 0) is 44.0 Å². The Hall–Kier alpha value is -2.06. The average Bonchev–Trinajstić information content (AvgIpc) is 3.05. The number of amides is 1. The van der Waals surface area contributed by atoms with Gasteiger partial charge in [0.2, 0.25) is 11.0 Å². The molecule has 1 N–H and O–H groups in total. The van der Waals surface area contributed by atoms with Crippen LogP contribution in [-0.2, 0) is 4.79 Å². The highest BCUT2D eigenvalue weighted by Crippen LogP contribution is 2.29. The highest BCUT2D eigenvalue weighted by molar-refractivity contribution is 8.01. The van der Waals surface area contributed by atoms with E-state index in [0.717, 1.165) is 22.1 Å². The number of thioether (sulfide) groups is 1. The van der Waals surface area contributed by atoms with Crippen LogP contribution in [0.25, 0.3) is 6.08 Å². The second-order valence-corrected chi connectivity index (χ2v) is 7.94. The lowest BCUT2D eigenvalue weighted by atomic mass is 10.2. The molecule has 26 heavy (non-hydrogen) atoms. The molecule has 0 radical (unpaired) electrons. The number of hydrogen-bond donors (Lipinski definition) is 1. The van der Waals surface area contributed by atoms with Gasteiger partial charge in [-0.25, -0.2) is 0 Å². The molecule has 0 atom stereocenters. The largest absolute Gasteiger partial charge is 0.493 e. The van der Waals surface area contributed by atoms with Crippen molar-refractivity contribution >= 4 is 40.2 Å². The molecule has 6 nitrogen and oxygen atoms in total. The average molecular weight is 394 g/mol. The van der Waals surface area contributed by atoms with Crippen molar-refractivity contribution in [3.05, 3.63) is 29.8 Å². The summed E-state index contributed by atoms with van der Waals surface area (Å²) in [5.41, 5.74) is 0.838. The molecule has 8 heteroatoms. The van der Waals surface area contributed by atoms with Crippen LogP contribution in [0.15, 0.2) is 28.6 Å². The van der Waals surface area contributed by atoms with Gasteiger partial charge in [-0.2, -0.15) is 0 Å². The number of hydrogen-bond acceptors (Lipinski definition) is 7. The Bertz CT molecular complexity index is 760. The highest BCUT2D eigenvalue weighted by Gasteiger charge is 2.08. The van der Waals surface area contributed by atoms with Crippen LogP contribution in [0.3, 0.4) is 0 Å². The number of methoxy groups -OCH3 is 1. The molecular formula is C18H23N3O3S2. The maximum absolute atomic E-state index is 12.1. The van der Waals surface area contributed by atoms with E-state index in [-0.39, 0.29) is 12.0 Å². The zero-order chi connectivity index (χ0) is 18.9. The van der Waals surface area contributed by atoms with E-state index in [9.17, 15) is 4.79 Å². The van der Waals surface area contributed by atoms with Crippen molar-refractivity contribution in [2.75, 3.05) is 18.2 Å². The molecule has 0 aliphatic heterocycles. The maximum atomic E-state index is 12.1. The fraction of sp³-hybridized carbons (Fsp3) is 0.389. The van der Waals surface area contributed by atoms with Gasteiger partial charge in [-0.1, -0.05) is 36.1 Å². The van der Waals surface area contributed by atoms with Crippen molar-refractivity contribution in [2.24, 2.45) is 0 Å². The molecule has 0 spiro atoms. The number of carbonyl (C=O) groups is 1. The predicted octanol–water partition coefficient (Wildman–Crippen LogP) is 4.49. The van der Waals surface area contributed by atoms with Crippen molar-refractivity contribution in [3.8, 4) is 11.5 Å². The molecular weight excluding hydrogens is 370 g/mol. The van der Waals surface area contributed by atoms with Crippen molar-refractivity contribution < 1.29 is 14.3 Å². The first kappa shape index (κ1) is 20.3. The van der Waals surface area contributed by atoms with E-state index in [1.807, 2.05) is 32.0 Å². The molecule has 0 fully saturated rings. The van der Waals surface area contributed by atoms with E-state index < -0.39 is 0 Å².